The standard InChI is InChI=1S/C17H14ClNO7/c1-8-9(16(24)12(19-7-20)5-13(8)21)2-3-26-17(25)10-4-11(18)15(23)6-14(10)22/h4-7,22-23H,2-3H2,1H3,(H,19,20). The van der Waals surface area contributed by atoms with Gasteiger partial charge in [-0.15, -0.1) is 0 Å². The van der Waals surface area contributed by atoms with E-state index in [0.717, 1.165) is 18.2 Å². The third kappa shape index (κ3) is 3.92. The maximum absolute atomic E-state index is 12.2. The lowest BCUT2D eigenvalue weighted by Crippen LogP contribution is -2.27. The quantitative estimate of drug-likeness (QED) is 0.387. The summed E-state index contributed by atoms with van der Waals surface area (Å²) >= 11 is 5.69. The first-order chi connectivity index (χ1) is 12.3. The van der Waals surface area contributed by atoms with Crippen LogP contribution in [0.25, 0.3) is 0 Å². The normalized spacial score (nSPS) is 14.2. The summed E-state index contributed by atoms with van der Waals surface area (Å²) in [5.74, 6) is -2.80. The van der Waals surface area contributed by atoms with E-state index in [1.54, 1.807) is 0 Å². The van der Waals surface area contributed by atoms with Crippen LogP contribution < -0.4 is 5.32 Å². The number of phenolic OH excluding ortho intramolecular Hbond substituents is 2. The van der Waals surface area contributed by atoms with Crippen LogP contribution in [0.2, 0.25) is 5.02 Å². The van der Waals surface area contributed by atoms with Gasteiger partial charge in [0, 0.05) is 29.7 Å². The Balaban J connectivity index is 2.07. The number of hydrogen-bond acceptors (Lipinski definition) is 7. The fourth-order valence-electron chi connectivity index (χ4n) is 2.30. The summed E-state index contributed by atoms with van der Waals surface area (Å²) in [4.78, 5) is 46.6. The number of nitrogens with one attached hydrogen (secondary N) is 1. The molecule has 136 valence electrons. The van der Waals surface area contributed by atoms with Crippen LogP contribution in [0.5, 0.6) is 11.5 Å². The van der Waals surface area contributed by atoms with Gasteiger partial charge >= 0.3 is 5.97 Å². The van der Waals surface area contributed by atoms with Crippen molar-refractivity contribution in [1.29, 1.82) is 0 Å². The second kappa shape index (κ2) is 7.83. The van der Waals surface area contributed by atoms with E-state index in [-0.39, 0.29) is 46.9 Å². The molecule has 1 aliphatic carbocycles. The van der Waals surface area contributed by atoms with Crippen LogP contribution in [0.15, 0.2) is 35.1 Å². The highest BCUT2D eigenvalue weighted by molar-refractivity contribution is 6.32. The van der Waals surface area contributed by atoms with Crippen molar-refractivity contribution >= 4 is 35.5 Å². The molecule has 3 N–H and O–H groups in total. The molecular formula is C17H14ClNO7. The molecule has 0 aromatic heterocycles. The molecule has 8 nitrogen and oxygen atoms in total. The zero-order chi connectivity index (χ0) is 19.4. The van der Waals surface area contributed by atoms with Crippen molar-refractivity contribution in [1.82, 2.24) is 5.32 Å². The summed E-state index contributed by atoms with van der Waals surface area (Å²) in [6.45, 7) is 1.20. The van der Waals surface area contributed by atoms with Gasteiger partial charge in [0.1, 0.15) is 17.1 Å². The SMILES string of the molecule is CC1=C(CCOC(=O)c2cc(Cl)c(O)cc2O)C(=O)C(NC=O)=CC1=O. The molecule has 0 fully saturated rings. The van der Waals surface area contributed by atoms with Gasteiger partial charge in [0.05, 0.1) is 17.3 Å². The molecule has 1 aromatic rings. The number of benzene rings is 1. The molecule has 1 aliphatic rings. The van der Waals surface area contributed by atoms with Crippen LogP contribution in [-0.2, 0) is 19.1 Å². The molecular weight excluding hydrogens is 366 g/mol. The van der Waals surface area contributed by atoms with E-state index in [0.29, 0.717) is 0 Å². The molecule has 0 radical (unpaired) electrons. The molecule has 0 aliphatic heterocycles. The van der Waals surface area contributed by atoms with Crippen molar-refractivity contribution in [2.75, 3.05) is 6.61 Å². The molecule has 2 rings (SSSR count). The minimum atomic E-state index is -0.918. The second-order valence-electron chi connectivity index (χ2n) is 5.32. The molecule has 0 heterocycles. The predicted molar refractivity (Wildman–Crippen MR) is 89.7 cm³/mol. The van der Waals surface area contributed by atoms with E-state index in [1.165, 1.54) is 6.92 Å². The topological polar surface area (TPSA) is 130 Å². The van der Waals surface area contributed by atoms with Crippen molar-refractivity contribution < 1.29 is 34.1 Å². The fraction of sp³-hybridized carbons (Fsp3) is 0.176. The monoisotopic (exact) mass is 379 g/mol. The molecule has 0 bridgehead atoms. The summed E-state index contributed by atoms with van der Waals surface area (Å²) in [6, 6.07) is 1.94. The van der Waals surface area contributed by atoms with Crippen LogP contribution in [0.4, 0.5) is 0 Å². The van der Waals surface area contributed by atoms with Gasteiger partial charge in [-0.3, -0.25) is 14.4 Å². The van der Waals surface area contributed by atoms with Gasteiger partial charge in [-0.2, -0.15) is 0 Å². The Labute approximate surface area is 152 Å². The van der Waals surface area contributed by atoms with E-state index in [9.17, 15) is 29.4 Å². The van der Waals surface area contributed by atoms with Crippen LogP contribution >= 0.6 is 11.6 Å². The number of rotatable bonds is 6. The first-order valence-electron chi connectivity index (χ1n) is 7.35. The highest BCUT2D eigenvalue weighted by atomic mass is 35.5. The zero-order valence-electron chi connectivity index (χ0n) is 13.5. The lowest BCUT2D eigenvalue weighted by atomic mass is 9.92. The Morgan fingerprint density at radius 1 is 1.27 bits per heavy atom. The van der Waals surface area contributed by atoms with E-state index in [1.807, 2.05) is 0 Å². The number of allylic oxidation sites excluding steroid dienone is 3. The maximum atomic E-state index is 12.2. The van der Waals surface area contributed by atoms with Gasteiger partial charge in [0.25, 0.3) is 0 Å². The Morgan fingerprint density at radius 2 is 1.96 bits per heavy atom. The number of esters is 1. The van der Waals surface area contributed by atoms with Crippen LogP contribution in [-0.4, -0.2) is 40.8 Å². The molecule has 9 heteroatoms. The molecule has 1 aromatic carbocycles. The van der Waals surface area contributed by atoms with Crippen molar-refractivity contribution in [3.8, 4) is 11.5 Å². The maximum Gasteiger partial charge on any atom is 0.341 e. The van der Waals surface area contributed by atoms with Crippen molar-refractivity contribution in [3.63, 3.8) is 0 Å². The molecule has 0 saturated carbocycles. The average Bonchev–Trinajstić information content (AvgIpc) is 2.59. The van der Waals surface area contributed by atoms with Gasteiger partial charge in [-0.1, -0.05) is 11.6 Å². The lowest BCUT2D eigenvalue weighted by molar-refractivity contribution is -0.117. The van der Waals surface area contributed by atoms with E-state index < -0.39 is 29.0 Å². The molecule has 26 heavy (non-hydrogen) atoms. The Hall–Kier alpha value is -3.13. The zero-order valence-corrected chi connectivity index (χ0v) is 14.3. The number of ketones is 2. The molecule has 1 amide bonds. The third-order valence-corrected chi connectivity index (χ3v) is 4.00. The van der Waals surface area contributed by atoms with E-state index in [2.05, 4.69) is 5.32 Å². The first kappa shape index (κ1) is 19.2. The number of hydrogen-bond donors (Lipinski definition) is 3. The average molecular weight is 380 g/mol. The highest BCUT2D eigenvalue weighted by Crippen LogP contribution is 2.31. The van der Waals surface area contributed by atoms with E-state index in [4.69, 9.17) is 16.3 Å². The van der Waals surface area contributed by atoms with Crippen molar-refractivity contribution in [2.24, 2.45) is 0 Å². The van der Waals surface area contributed by atoms with Gasteiger partial charge in [-0.25, -0.2) is 4.79 Å². The number of halogens is 1. The summed E-state index contributed by atoms with van der Waals surface area (Å²) in [6.07, 6.45) is 1.25. The van der Waals surface area contributed by atoms with Gasteiger partial charge < -0.3 is 20.3 Å². The van der Waals surface area contributed by atoms with Gasteiger partial charge in [0.2, 0.25) is 12.2 Å². The Kier molecular flexibility index (Phi) is 5.78. The fourth-order valence-corrected chi connectivity index (χ4v) is 2.46. The van der Waals surface area contributed by atoms with Crippen LogP contribution in [0, 0.1) is 0 Å². The number of aromatic hydroxyl groups is 2. The largest absolute Gasteiger partial charge is 0.507 e. The molecule has 0 unspecified atom stereocenters. The second-order valence-corrected chi connectivity index (χ2v) is 5.73. The van der Waals surface area contributed by atoms with Crippen molar-refractivity contribution in [3.05, 3.63) is 45.6 Å². The number of phenols is 2. The lowest BCUT2D eigenvalue weighted by Gasteiger charge is -2.16. The third-order valence-electron chi connectivity index (χ3n) is 3.70. The Morgan fingerprint density at radius 3 is 2.62 bits per heavy atom. The van der Waals surface area contributed by atoms with Crippen LogP contribution in [0.3, 0.4) is 0 Å². The van der Waals surface area contributed by atoms with Crippen LogP contribution in [0.1, 0.15) is 23.7 Å². The predicted octanol–water partition coefficient (Wildman–Crippen LogP) is 1.40. The first-order valence-corrected chi connectivity index (χ1v) is 7.73. The Bertz CT molecular complexity index is 870. The van der Waals surface area contributed by atoms with Gasteiger partial charge in [0.15, 0.2) is 5.78 Å². The number of carbonyl (C=O) groups is 4. The highest BCUT2D eigenvalue weighted by Gasteiger charge is 2.26. The number of Topliss-reactive ketones (excluding diaryl/α,β-unsaturated/α-hetero) is 1. The molecule has 0 spiro atoms. The summed E-state index contributed by atoms with van der Waals surface area (Å²) < 4.78 is 4.99. The summed E-state index contributed by atoms with van der Waals surface area (Å²) in [5, 5.41) is 21.0. The molecule has 0 saturated heterocycles. The number of carbonyl (C=O) groups excluding carboxylic acids is 4. The minimum Gasteiger partial charge on any atom is -0.507 e. The number of ether oxygens (including phenoxy) is 1. The van der Waals surface area contributed by atoms with E-state index >= 15 is 0 Å². The summed E-state index contributed by atoms with van der Waals surface area (Å²) in [7, 11) is 0. The number of amides is 1. The molecule has 0 atom stereocenters. The van der Waals surface area contributed by atoms with Gasteiger partial charge in [-0.05, 0) is 13.0 Å². The van der Waals surface area contributed by atoms with Crippen molar-refractivity contribution in [2.45, 2.75) is 13.3 Å². The minimum absolute atomic E-state index is 0.0629. The summed E-state index contributed by atoms with van der Waals surface area (Å²) in [5.41, 5.74) is -0.103. The smallest absolute Gasteiger partial charge is 0.341 e.